The molecule has 0 aliphatic carbocycles. The largest absolute Gasteiger partial charge is 0.394 e. The number of Topliss-reactive ketones (excluding diaryl/α,β-unsaturated/α-hetero) is 1. The number of likely N-dealkylation sites (tertiary alicyclic amines) is 1. The number of morpholine rings is 1. The molecule has 11 heteroatoms. The first-order chi connectivity index (χ1) is 16.9. The second kappa shape index (κ2) is 11.4. The van der Waals surface area contributed by atoms with E-state index >= 15 is 0 Å². The Bertz CT molecular complexity index is 1230. The van der Waals surface area contributed by atoms with E-state index in [1.54, 1.807) is 6.92 Å². The van der Waals surface area contributed by atoms with Gasteiger partial charge < -0.3 is 14.7 Å². The number of nitrogens with zero attached hydrogens (tertiary/aromatic N) is 6. The lowest BCUT2D eigenvalue weighted by atomic mass is 9.89. The Morgan fingerprint density at radius 1 is 1.17 bits per heavy atom. The minimum atomic E-state index is -0.223. The van der Waals surface area contributed by atoms with Crippen LogP contribution in [-0.2, 0) is 9.53 Å². The van der Waals surface area contributed by atoms with E-state index in [4.69, 9.17) is 16.3 Å². The summed E-state index contributed by atoms with van der Waals surface area (Å²) < 4.78 is 7.44. The summed E-state index contributed by atoms with van der Waals surface area (Å²) in [6.07, 6.45) is 3.52. The average Bonchev–Trinajstić information content (AvgIpc) is 3.26. The maximum absolute atomic E-state index is 11.5. The number of aryl methyl sites for hydroxylation is 1. The summed E-state index contributed by atoms with van der Waals surface area (Å²) in [6.45, 7) is 7.62. The van der Waals surface area contributed by atoms with E-state index in [1.807, 2.05) is 29.9 Å². The van der Waals surface area contributed by atoms with Crippen LogP contribution >= 0.6 is 25.1 Å². The molecule has 2 aliphatic rings. The number of ether oxygens (including phenoxy) is 1. The standard InChI is InChI=1S/C25H31ClN6O3.H2S/c1-16(34)13-30-5-3-18(4-6-30)21-10-23-19(9-22(21)26)12-27-32(23)25-11-24(28-17(2)29-25)31-7-8-35-20(14-31)15-33;/h9-12,18,20,33H,3-8,13-15H2,1-2H3;1H2/t20-;/m0./s1. The van der Waals surface area contributed by atoms with Gasteiger partial charge in [-0.15, -0.1) is 0 Å². The fraction of sp³-hybridized carbons (Fsp3) is 0.520. The monoisotopic (exact) mass is 532 g/mol. The number of halogens is 1. The number of aromatic nitrogens is 4. The maximum Gasteiger partial charge on any atom is 0.159 e. The third-order valence-corrected chi connectivity index (χ3v) is 7.18. The predicted molar refractivity (Wildman–Crippen MR) is 145 cm³/mol. The van der Waals surface area contributed by atoms with Crippen LogP contribution < -0.4 is 4.90 Å². The molecule has 36 heavy (non-hydrogen) atoms. The van der Waals surface area contributed by atoms with Gasteiger partial charge in [0, 0.05) is 29.6 Å². The fourth-order valence-electron chi connectivity index (χ4n) is 5.12. The Hall–Kier alpha value is -2.24. The first-order valence-electron chi connectivity index (χ1n) is 12.1. The number of ketones is 1. The van der Waals surface area contributed by atoms with Crippen LogP contribution in [0.3, 0.4) is 0 Å². The van der Waals surface area contributed by atoms with E-state index in [2.05, 4.69) is 30.9 Å². The summed E-state index contributed by atoms with van der Waals surface area (Å²) in [5.41, 5.74) is 2.07. The van der Waals surface area contributed by atoms with Crippen molar-refractivity contribution in [2.24, 2.45) is 0 Å². The number of rotatable bonds is 6. The van der Waals surface area contributed by atoms with Gasteiger partial charge in [0.05, 0.1) is 37.6 Å². The number of aliphatic hydroxyl groups excluding tert-OH is 1. The number of carbonyl (C=O) groups is 1. The summed E-state index contributed by atoms with van der Waals surface area (Å²) in [6, 6.07) is 6.07. The second-order valence-electron chi connectivity index (χ2n) is 9.49. The number of fused-ring (bicyclic) bond motifs is 1. The Kier molecular flexibility index (Phi) is 8.52. The number of aliphatic hydroxyl groups is 1. The molecule has 0 radical (unpaired) electrons. The van der Waals surface area contributed by atoms with Crippen molar-refractivity contribution in [2.45, 2.75) is 38.7 Å². The number of carbonyl (C=O) groups excluding carboxylic acids is 1. The quantitative estimate of drug-likeness (QED) is 0.517. The summed E-state index contributed by atoms with van der Waals surface area (Å²) >= 11 is 6.72. The highest BCUT2D eigenvalue weighted by Gasteiger charge is 2.25. The van der Waals surface area contributed by atoms with Crippen molar-refractivity contribution >= 4 is 47.6 Å². The van der Waals surface area contributed by atoms with Crippen molar-refractivity contribution in [3.8, 4) is 5.82 Å². The molecule has 2 aliphatic heterocycles. The lowest BCUT2D eigenvalue weighted by Gasteiger charge is -2.33. The minimum absolute atomic E-state index is 0. The van der Waals surface area contributed by atoms with E-state index in [9.17, 15) is 9.90 Å². The zero-order valence-corrected chi connectivity index (χ0v) is 22.4. The fourth-order valence-corrected chi connectivity index (χ4v) is 5.45. The number of hydrogen-bond acceptors (Lipinski definition) is 8. The third kappa shape index (κ3) is 5.68. The molecule has 0 unspecified atom stereocenters. The van der Waals surface area contributed by atoms with Crippen LogP contribution in [0.25, 0.3) is 16.7 Å². The van der Waals surface area contributed by atoms with Gasteiger partial charge in [0.15, 0.2) is 5.82 Å². The number of hydrogen-bond donors (Lipinski definition) is 1. The first kappa shape index (κ1) is 26.8. The zero-order valence-electron chi connectivity index (χ0n) is 20.7. The van der Waals surface area contributed by atoms with Gasteiger partial charge in [0.1, 0.15) is 17.4 Å². The smallest absolute Gasteiger partial charge is 0.159 e. The van der Waals surface area contributed by atoms with Crippen molar-refractivity contribution in [3.63, 3.8) is 0 Å². The number of piperidine rings is 1. The molecule has 4 heterocycles. The van der Waals surface area contributed by atoms with Crippen molar-refractivity contribution in [2.75, 3.05) is 50.8 Å². The van der Waals surface area contributed by atoms with E-state index in [0.717, 1.165) is 53.2 Å². The highest BCUT2D eigenvalue weighted by Crippen LogP contribution is 2.36. The van der Waals surface area contributed by atoms with Crippen molar-refractivity contribution in [3.05, 3.63) is 40.8 Å². The van der Waals surface area contributed by atoms with Crippen molar-refractivity contribution in [1.29, 1.82) is 0 Å². The van der Waals surface area contributed by atoms with Gasteiger partial charge in [-0.3, -0.25) is 9.69 Å². The van der Waals surface area contributed by atoms with Crippen molar-refractivity contribution in [1.82, 2.24) is 24.6 Å². The Morgan fingerprint density at radius 2 is 1.92 bits per heavy atom. The predicted octanol–water partition coefficient (Wildman–Crippen LogP) is 2.86. The zero-order chi connectivity index (χ0) is 24.5. The SMILES string of the molecule is CC(=O)CN1CCC(c2cc3c(cnn3-c3cc(N4CCO[C@H](CO)C4)nc(C)n3)cc2Cl)CC1.S. The van der Waals surface area contributed by atoms with Gasteiger partial charge in [-0.1, -0.05) is 11.6 Å². The highest BCUT2D eigenvalue weighted by atomic mass is 35.5. The van der Waals surface area contributed by atoms with Gasteiger partial charge in [-0.05, 0) is 63.4 Å². The molecule has 3 aromatic rings. The van der Waals surface area contributed by atoms with Crippen LogP contribution in [0.15, 0.2) is 24.4 Å². The maximum atomic E-state index is 11.5. The molecular weight excluding hydrogens is 500 g/mol. The molecule has 2 aromatic heterocycles. The Balaban J connectivity index is 0.00000304. The number of benzene rings is 1. The lowest BCUT2D eigenvalue weighted by molar-refractivity contribution is -0.118. The second-order valence-corrected chi connectivity index (χ2v) is 9.90. The van der Waals surface area contributed by atoms with Crippen LogP contribution in [-0.4, -0.2) is 87.6 Å². The normalized spacial score (nSPS) is 19.4. The topological polar surface area (TPSA) is 96.6 Å². The average molecular weight is 533 g/mol. The summed E-state index contributed by atoms with van der Waals surface area (Å²) in [5.74, 6) is 2.68. The molecule has 2 saturated heterocycles. The van der Waals surface area contributed by atoms with E-state index < -0.39 is 0 Å². The van der Waals surface area contributed by atoms with Crippen LogP contribution in [0.4, 0.5) is 5.82 Å². The Labute approximate surface area is 222 Å². The Morgan fingerprint density at radius 3 is 2.64 bits per heavy atom. The molecule has 0 spiro atoms. The van der Waals surface area contributed by atoms with Crippen LogP contribution in [0.1, 0.15) is 37.1 Å². The van der Waals surface area contributed by atoms with Crippen molar-refractivity contribution < 1.29 is 14.6 Å². The third-order valence-electron chi connectivity index (χ3n) is 6.85. The minimum Gasteiger partial charge on any atom is -0.394 e. The van der Waals surface area contributed by atoms with E-state index in [-0.39, 0.29) is 32.0 Å². The number of anilines is 1. The molecule has 0 bridgehead atoms. The molecule has 2 fully saturated rings. The molecule has 9 nitrogen and oxygen atoms in total. The van der Waals surface area contributed by atoms with Crippen LogP contribution in [0, 0.1) is 6.92 Å². The van der Waals surface area contributed by atoms with Gasteiger partial charge in [-0.25, -0.2) is 14.6 Å². The lowest BCUT2D eigenvalue weighted by Crippen LogP contribution is -2.44. The summed E-state index contributed by atoms with van der Waals surface area (Å²) in [7, 11) is 0. The summed E-state index contributed by atoms with van der Waals surface area (Å²) in [4.78, 5) is 25.1. The molecule has 1 atom stereocenters. The molecule has 0 saturated carbocycles. The van der Waals surface area contributed by atoms with Gasteiger partial charge in [-0.2, -0.15) is 18.6 Å². The van der Waals surface area contributed by atoms with Crippen LogP contribution in [0.5, 0.6) is 0 Å². The molecule has 1 aromatic carbocycles. The van der Waals surface area contributed by atoms with Gasteiger partial charge in [0.25, 0.3) is 0 Å². The molecule has 1 N–H and O–H groups in total. The summed E-state index contributed by atoms with van der Waals surface area (Å²) in [5, 5.41) is 15.9. The van der Waals surface area contributed by atoms with E-state index in [0.29, 0.717) is 43.8 Å². The molecular formula is C25H33ClN6O3S. The van der Waals surface area contributed by atoms with Gasteiger partial charge >= 0.3 is 0 Å². The molecule has 194 valence electrons. The highest BCUT2D eigenvalue weighted by molar-refractivity contribution is 7.59. The molecule has 5 rings (SSSR count). The van der Waals surface area contributed by atoms with E-state index in [1.165, 1.54) is 0 Å². The molecule has 0 amide bonds. The van der Waals surface area contributed by atoms with Gasteiger partial charge in [0.2, 0.25) is 0 Å². The first-order valence-corrected chi connectivity index (χ1v) is 12.5. The van der Waals surface area contributed by atoms with Crippen LogP contribution in [0.2, 0.25) is 5.02 Å².